The van der Waals surface area contributed by atoms with E-state index in [9.17, 15) is 9.90 Å². The van der Waals surface area contributed by atoms with Crippen LogP contribution in [0.15, 0.2) is 90.4 Å². The smallest absolute Gasteiger partial charge is 0.255 e. The molecule has 0 fully saturated rings. The molecule has 4 aromatic rings. The number of phenols is 1. The number of rotatable bonds is 4. The van der Waals surface area contributed by atoms with Crippen molar-refractivity contribution in [2.75, 3.05) is 10.6 Å². The average molecular weight is 424 g/mol. The molecule has 1 atom stereocenters. The van der Waals surface area contributed by atoms with E-state index in [1.165, 1.54) is 0 Å². The minimum Gasteiger partial charge on any atom is -0.508 e. The molecule has 8 heteroatoms. The van der Waals surface area contributed by atoms with Crippen LogP contribution >= 0.6 is 0 Å². The molecule has 3 N–H and O–H groups in total. The van der Waals surface area contributed by atoms with Crippen LogP contribution in [0, 0.1) is 0 Å². The third-order valence-corrected chi connectivity index (χ3v) is 5.28. The van der Waals surface area contributed by atoms with Crippen LogP contribution in [-0.4, -0.2) is 30.8 Å². The number of carbonyl (C=O) groups excluding carboxylic acids is 1. The van der Waals surface area contributed by atoms with Crippen molar-refractivity contribution < 1.29 is 9.90 Å². The summed E-state index contributed by atoms with van der Waals surface area (Å²) in [6, 6.07) is 19.2. The van der Waals surface area contributed by atoms with Gasteiger partial charge in [0.05, 0.1) is 5.57 Å². The van der Waals surface area contributed by atoms with Crippen molar-refractivity contribution >= 4 is 17.5 Å². The molecular formula is C24H20N6O2. The normalized spacial score (nSPS) is 15.1. The van der Waals surface area contributed by atoms with E-state index in [4.69, 9.17) is 5.10 Å². The van der Waals surface area contributed by atoms with E-state index in [2.05, 4.69) is 20.6 Å². The predicted octanol–water partition coefficient (Wildman–Crippen LogP) is 3.97. The molecule has 0 saturated heterocycles. The largest absolute Gasteiger partial charge is 0.508 e. The number of anilines is 2. The summed E-state index contributed by atoms with van der Waals surface area (Å²) in [7, 11) is 0. The first-order chi connectivity index (χ1) is 15.6. The number of fused-ring (bicyclic) bond motifs is 1. The maximum Gasteiger partial charge on any atom is 0.255 e. The zero-order valence-corrected chi connectivity index (χ0v) is 17.2. The number of allylic oxidation sites excluding steroid dienone is 1. The second kappa shape index (κ2) is 7.99. The van der Waals surface area contributed by atoms with E-state index >= 15 is 0 Å². The Kier molecular flexibility index (Phi) is 4.87. The first kappa shape index (κ1) is 19.5. The third-order valence-electron chi connectivity index (χ3n) is 5.28. The van der Waals surface area contributed by atoms with Gasteiger partial charge in [0.15, 0.2) is 5.82 Å². The molecule has 158 valence electrons. The first-order valence-electron chi connectivity index (χ1n) is 10.1. The van der Waals surface area contributed by atoms with Crippen LogP contribution in [0.1, 0.15) is 18.5 Å². The van der Waals surface area contributed by atoms with Crippen molar-refractivity contribution in [2.24, 2.45) is 0 Å². The number of aromatic nitrogens is 4. The second-order valence-corrected chi connectivity index (χ2v) is 7.42. The number of benzene rings is 2. The van der Waals surface area contributed by atoms with Crippen LogP contribution in [0.2, 0.25) is 0 Å². The molecule has 0 saturated carbocycles. The Morgan fingerprint density at radius 2 is 1.75 bits per heavy atom. The van der Waals surface area contributed by atoms with Gasteiger partial charge in [-0.3, -0.25) is 9.78 Å². The molecule has 1 aliphatic heterocycles. The maximum absolute atomic E-state index is 13.4. The van der Waals surface area contributed by atoms with Gasteiger partial charge in [0, 0.05) is 29.3 Å². The Bertz CT molecular complexity index is 1300. The van der Waals surface area contributed by atoms with Crippen LogP contribution in [0.4, 0.5) is 11.6 Å². The molecule has 32 heavy (non-hydrogen) atoms. The number of hydrogen-bond acceptors (Lipinski definition) is 6. The lowest BCUT2D eigenvalue weighted by Crippen LogP contribution is -2.31. The maximum atomic E-state index is 13.4. The summed E-state index contributed by atoms with van der Waals surface area (Å²) in [5.41, 5.74) is 3.56. The van der Waals surface area contributed by atoms with Crippen LogP contribution in [0.5, 0.6) is 5.75 Å². The van der Waals surface area contributed by atoms with Crippen molar-refractivity contribution in [3.63, 3.8) is 0 Å². The van der Waals surface area contributed by atoms with Crippen LogP contribution in [0.3, 0.4) is 0 Å². The van der Waals surface area contributed by atoms with Gasteiger partial charge in [0.25, 0.3) is 5.91 Å². The van der Waals surface area contributed by atoms with E-state index in [0.717, 1.165) is 11.1 Å². The number of nitrogens with one attached hydrogen (secondary N) is 2. The topological polar surface area (TPSA) is 105 Å². The molecule has 1 amide bonds. The lowest BCUT2D eigenvalue weighted by Gasteiger charge is -2.28. The summed E-state index contributed by atoms with van der Waals surface area (Å²) in [6.45, 7) is 1.85. The van der Waals surface area contributed by atoms with Crippen molar-refractivity contribution in [1.29, 1.82) is 0 Å². The summed E-state index contributed by atoms with van der Waals surface area (Å²) < 4.78 is 1.71. The predicted molar refractivity (Wildman–Crippen MR) is 121 cm³/mol. The zero-order valence-electron chi connectivity index (χ0n) is 17.2. The number of aromatic hydroxyl groups is 1. The molecule has 1 unspecified atom stereocenters. The Morgan fingerprint density at radius 1 is 1.03 bits per heavy atom. The van der Waals surface area contributed by atoms with Crippen molar-refractivity contribution in [1.82, 2.24) is 19.7 Å². The Balaban J connectivity index is 1.59. The molecule has 2 aromatic heterocycles. The number of amides is 1. The highest BCUT2D eigenvalue weighted by Gasteiger charge is 2.34. The van der Waals surface area contributed by atoms with Gasteiger partial charge in [0.1, 0.15) is 11.8 Å². The first-order valence-corrected chi connectivity index (χ1v) is 10.1. The van der Waals surface area contributed by atoms with Gasteiger partial charge < -0.3 is 15.7 Å². The molecular weight excluding hydrogens is 404 g/mol. The fourth-order valence-corrected chi connectivity index (χ4v) is 3.75. The van der Waals surface area contributed by atoms with Gasteiger partial charge in [-0.2, -0.15) is 4.98 Å². The molecule has 8 nitrogen and oxygen atoms in total. The molecule has 1 aliphatic rings. The lowest BCUT2D eigenvalue weighted by molar-refractivity contribution is -0.113. The van der Waals surface area contributed by atoms with Gasteiger partial charge in [-0.1, -0.05) is 18.2 Å². The van der Waals surface area contributed by atoms with E-state index < -0.39 is 6.04 Å². The van der Waals surface area contributed by atoms with Gasteiger partial charge in [-0.05, 0) is 61.0 Å². The summed E-state index contributed by atoms with van der Waals surface area (Å²) in [4.78, 5) is 22.1. The summed E-state index contributed by atoms with van der Waals surface area (Å²) in [6.07, 6.45) is 3.38. The number of phenolic OH excluding ortho intramolecular Hbond substituents is 1. The van der Waals surface area contributed by atoms with Gasteiger partial charge in [-0.25, -0.2) is 4.68 Å². The van der Waals surface area contributed by atoms with Crippen molar-refractivity contribution in [3.05, 3.63) is 96.0 Å². The molecule has 0 bridgehead atoms. The van der Waals surface area contributed by atoms with Crippen molar-refractivity contribution in [2.45, 2.75) is 13.0 Å². The number of nitrogens with zero attached hydrogens (tertiary/aromatic N) is 4. The molecule has 0 aliphatic carbocycles. The van der Waals surface area contributed by atoms with E-state index in [-0.39, 0.29) is 11.7 Å². The molecule has 0 radical (unpaired) electrons. The standard InChI is InChI=1S/C24H20N6O2/c1-15-20(23(32)27-18-5-3-2-4-6-18)21(16-11-13-25-14-12-16)30-24(26-15)28-22(29-30)17-7-9-19(31)10-8-17/h2-14,21,31H,1H3,(H,27,32)(H,26,28,29). The molecule has 5 rings (SSSR count). The number of hydrogen-bond donors (Lipinski definition) is 3. The molecule has 2 aromatic carbocycles. The number of carbonyl (C=O) groups is 1. The molecule has 0 spiro atoms. The monoisotopic (exact) mass is 424 g/mol. The summed E-state index contributed by atoms with van der Waals surface area (Å²) in [5.74, 6) is 0.964. The fraction of sp³-hybridized carbons (Fsp3) is 0.0833. The Morgan fingerprint density at radius 3 is 2.47 bits per heavy atom. The van der Waals surface area contributed by atoms with Gasteiger partial charge in [-0.15, -0.1) is 5.10 Å². The highest BCUT2D eigenvalue weighted by atomic mass is 16.3. The Hall–Kier alpha value is -4.46. The SMILES string of the molecule is CC1=C(C(=O)Nc2ccccc2)C(c2ccncc2)n2nc(-c3ccc(O)cc3)nc2N1. The van der Waals surface area contributed by atoms with E-state index in [1.807, 2.05) is 49.4 Å². The van der Waals surface area contributed by atoms with Crippen molar-refractivity contribution in [3.8, 4) is 17.1 Å². The zero-order chi connectivity index (χ0) is 22.1. The fourth-order valence-electron chi connectivity index (χ4n) is 3.75. The van der Waals surface area contributed by atoms with E-state index in [0.29, 0.717) is 28.7 Å². The van der Waals surface area contributed by atoms with Gasteiger partial charge in [0.2, 0.25) is 5.95 Å². The van der Waals surface area contributed by atoms with Crippen LogP contribution in [-0.2, 0) is 4.79 Å². The molecule has 3 heterocycles. The quantitative estimate of drug-likeness (QED) is 0.458. The average Bonchev–Trinajstić information content (AvgIpc) is 3.23. The highest BCUT2D eigenvalue weighted by Crippen LogP contribution is 2.36. The summed E-state index contributed by atoms with van der Waals surface area (Å²) in [5, 5.41) is 20.5. The highest BCUT2D eigenvalue weighted by molar-refractivity contribution is 6.06. The minimum atomic E-state index is -0.490. The summed E-state index contributed by atoms with van der Waals surface area (Å²) >= 11 is 0. The Labute approximate surface area is 184 Å². The van der Waals surface area contributed by atoms with Gasteiger partial charge >= 0.3 is 0 Å². The minimum absolute atomic E-state index is 0.169. The third kappa shape index (κ3) is 3.58. The number of para-hydroxylation sites is 1. The van der Waals surface area contributed by atoms with Crippen LogP contribution < -0.4 is 10.6 Å². The lowest BCUT2D eigenvalue weighted by atomic mass is 9.96. The second-order valence-electron chi connectivity index (χ2n) is 7.42. The number of pyridine rings is 1. The van der Waals surface area contributed by atoms with E-state index in [1.54, 1.807) is 41.3 Å². The van der Waals surface area contributed by atoms with Crippen LogP contribution in [0.25, 0.3) is 11.4 Å².